The number of aliphatic hydroxyl groups is 1. The van der Waals surface area contributed by atoms with Crippen molar-refractivity contribution >= 4 is 11.8 Å². The van der Waals surface area contributed by atoms with Crippen LogP contribution in [0.4, 0.5) is 4.79 Å². The first kappa shape index (κ1) is 23.8. The fraction of sp³-hybridized carbons (Fsp3) is 0.704. The number of carbonyl (C=O) groups excluding carboxylic acids is 2. The van der Waals surface area contributed by atoms with Gasteiger partial charge in [-0.05, 0) is 64.6 Å². The normalized spacial score (nSPS) is 31.1. The predicted octanol–water partition coefficient (Wildman–Crippen LogP) is 3.01. The molecule has 2 heterocycles. The van der Waals surface area contributed by atoms with Crippen molar-refractivity contribution < 1.29 is 19.4 Å². The first-order chi connectivity index (χ1) is 16.3. The number of nitrogens with zero attached hydrogens (tertiary/aromatic N) is 3. The number of hydrogen-bond acceptors (Lipinski definition) is 5. The van der Waals surface area contributed by atoms with E-state index in [1.165, 1.54) is 5.56 Å². The van der Waals surface area contributed by atoms with Gasteiger partial charge in [0, 0.05) is 24.4 Å². The SMILES string of the molecule is CN(C)C1(c2ccccc2)CCC2(CC1)CN(CC(=O)CC1COC1)C(=O)N2CC1(O)CCC1. The predicted molar refractivity (Wildman–Crippen MR) is 129 cm³/mol. The molecular formula is C27H39N3O4. The van der Waals surface area contributed by atoms with E-state index >= 15 is 0 Å². The maximum Gasteiger partial charge on any atom is 0.321 e. The summed E-state index contributed by atoms with van der Waals surface area (Å²) in [7, 11) is 4.30. The van der Waals surface area contributed by atoms with Gasteiger partial charge in [-0.2, -0.15) is 0 Å². The van der Waals surface area contributed by atoms with Crippen LogP contribution in [0, 0.1) is 5.92 Å². The molecule has 4 fully saturated rings. The highest BCUT2D eigenvalue weighted by Gasteiger charge is 2.56. The van der Waals surface area contributed by atoms with E-state index in [-0.39, 0.29) is 29.4 Å². The summed E-state index contributed by atoms with van der Waals surface area (Å²) in [6.07, 6.45) is 6.60. The summed E-state index contributed by atoms with van der Waals surface area (Å²) in [5, 5.41) is 11.0. The summed E-state index contributed by atoms with van der Waals surface area (Å²) in [5.41, 5.74) is 0.151. The number of β-amino-alcohol motifs (C(OH)–C–C–N with tert-alkyl or cyclic N) is 1. The van der Waals surface area contributed by atoms with Gasteiger partial charge in [-0.3, -0.25) is 9.69 Å². The van der Waals surface area contributed by atoms with Crippen molar-refractivity contribution in [3.05, 3.63) is 35.9 Å². The summed E-state index contributed by atoms with van der Waals surface area (Å²) in [4.78, 5) is 32.4. The van der Waals surface area contributed by atoms with Gasteiger partial charge in [0.1, 0.15) is 0 Å². The quantitative estimate of drug-likeness (QED) is 0.634. The van der Waals surface area contributed by atoms with Crippen molar-refractivity contribution in [1.29, 1.82) is 0 Å². The molecule has 2 saturated carbocycles. The summed E-state index contributed by atoms with van der Waals surface area (Å²) in [5.74, 6) is 0.413. The smallest absolute Gasteiger partial charge is 0.321 e. The van der Waals surface area contributed by atoms with Crippen LogP contribution in [0.5, 0.6) is 0 Å². The van der Waals surface area contributed by atoms with Crippen molar-refractivity contribution in [2.45, 2.75) is 68.0 Å². The van der Waals surface area contributed by atoms with Crippen molar-refractivity contribution in [1.82, 2.24) is 14.7 Å². The highest BCUT2D eigenvalue weighted by Crippen LogP contribution is 2.50. The van der Waals surface area contributed by atoms with Gasteiger partial charge in [0.2, 0.25) is 0 Å². The fourth-order valence-corrected chi connectivity index (χ4v) is 6.58. The molecule has 186 valence electrons. The average Bonchev–Trinajstić information content (AvgIpc) is 3.01. The van der Waals surface area contributed by atoms with Gasteiger partial charge >= 0.3 is 6.03 Å². The lowest BCUT2D eigenvalue weighted by molar-refractivity contribution is -0.124. The average molecular weight is 470 g/mol. The molecule has 4 aliphatic rings. The van der Waals surface area contributed by atoms with Crippen molar-refractivity contribution in [2.75, 3.05) is 46.9 Å². The van der Waals surface area contributed by atoms with E-state index in [0.29, 0.717) is 38.6 Å². The number of rotatable bonds is 8. The zero-order valence-corrected chi connectivity index (χ0v) is 20.7. The Bertz CT molecular complexity index is 902. The molecule has 2 aliphatic carbocycles. The lowest BCUT2D eigenvalue weighted by Gasteiger charge is -2.52. The molecule has 1 aromatic rings. The second-order valence-electron chi connectivity index (χ2n) is 11.5. The summed E-state index contributed by atoms with van der Waals surface area (Å²) in [6.45, 7) is 2.42. The Hall–Kier alpha value is -1.96. The third-order valence-electron chi connectivity index (χ3n) is 9.06. The van der Waals surface area contributed by atoms with Crippen molar-refractivity contribution in [2.24, 2.45) is 5.92 Å². The number of Topliss-reactive ketones (excluding diaryl/α,β-unsaturated/α-hetero) is 1. The molecule has 1 N–H and O–H groups in total. The van der Waals surface area contributed by atoms with Crippen LogP contribution in [0.25, 0.3) is 0 Å². The van der Waals surface area contributed by atoms with Crippen molar-refractivity contribution in [3.63, 3.8) is 0 Å². The van der Waals surface area contributed by atoms with Gasteiger partial charge < -0.3 is 19.6 Å². The Kier molecular flexibility index (Phi) is 6.23. The first-order valence-electron chi connectivity index (χ1n) is 12.9. The molecule has 0 aromatic heterocycles. The zero-order chi connectivity index (χ0) is 24.0. The van der Waals surface area contributed by atoms with Crippen LogP contribution >= 0.6 is 0 Å². The van der Waals surface area contributed by atoms with Crippen LogP contribution in [0.15, 0.2) is 30.3 Å². The van der Waals surface area contributed by atoms with Gasteiger partial charge in [0.05, 0.1) is 37.4 Å². The summed E-state index contributed by atoms with van der Waals surface area (Å²) in [6, 6.07) is 10.6. The third kappa shape index (κ3) is 4.16. The second-order valence-corrected chi connectivity index (χ2v) is 11.5. The van der Waals surface area contributed by atoms with Gasteiger partial charge in [0.15, 0.2) is 5.78 Å². The molecule has 0 unspecified atom stereocenters. The van der Waals surface area contributed by atoms with Gasteiger partial charge in [-0.15, -0.1) is 0 Å². The van der Waals surface area contributed by atoms with Gasteiger partial charge in [-0.1, -0.05) is 30.3 Å². The number of carbonyl (C=O) groups is 2. The second kappa shape index (κ2) is 8.92. The monoisotopic (exact) mass is 469 g/mol. The fourth-order valence-electron chi connectivity index (χ4n) is 6.58. The largest absolute Gasteiger partial charge is 0.388 e. The molecule has 2 saturated heterocycles. The Labute approximate surface area is 203 Å². The standard InChI is InChI=1S/C27H39N3O4/c1-28(2)27(22-7-4-3-5-8-22)13-11-25(12-14-27)19-29(16-23(31)15-21-17-34-18-21)24(32)30(25)20-26(33)9-6-10-26/h3-5,7-8,21,33H,6,9-20H2,1-2H3. The Morgan fingerprint density at radius 3 is 2.29 bits per heavy atom. The van der Waals surface area contributed by atoms with E-state index in [2.05, 4.69) is 49.3 Å². The number of benzene rings is 1. The molecule has 0 atom stereocenters. The Morgan fingerprint density at radius 2 is 1.76 bits per heavy atom. The lowest BCUT2D eigenvalue weighted by atomic mass is 9.67. The Morgan fingerprint density at radius 1 is 1.09 bits per heavy atom. The van der Waals surface area contributed by atoms with Crippen LogP contribution in [0.1, 0.15) is 56.9 Å². The lowest BCUT2D eigenvalue weighted by Crippen LogP contribution is -2.59. The highest BCUT2D eigenvalue weighted by molar-refractivity contribution is 5.87. The number of ether oxygens (including phenoxy) is 1. The summed E-state index contributed by atoms with van der Waals surface area (Å²) >= 11 is 0. The number of hydrogen-bond donors (Lipinski definition) is 1. The van der Waals surface area contributed by atoms with E-state index < -0.39 is 5.60 Å². The van der Waals surface area contributed by atoms with E-state index in [1.54, 1.807) is 4.90 Å². The molecule has 1 spiro atoms. The molecular weight excluding hydrogens is 430 g/mol. The van der Waals surface area contributed by atoms with Crippen molar-refractivity contribution in [3.8, 4) is 0 Å². The molecule has 7 heteroatoms. The molecule has 1 aromatic carbocycles. The molecule has 0 radical (unpaired) electrons. The van der Waals surface area contributed by atoms with E-state index in [0.717, 1.165) is 44.9 Å². The number of ketones is 1. The van der Waals surface area contributed by atoms with E-state index in [4.69, 9.17) is 4.74 Å². The molecule has 7 nitrogen and oxygen atoms in total. The van der Waals surface area contributed by atoms with E-state index in [9.17, 15) is 14.7 Å². The van der Waals surface area contributed by atoms with Crippen LogP contribution in [-0.4, -0.2) is 89.7 Å². The minimum Gasteiger partial charge on any atom is -0.388 e. The first-order valence-corrected chi connectivity index (χ1v) is 12.9. The summed E-state index contributed by atoms with van der Waals surface area (Å²) < 4.78 is 5.21. The van der Waals surface area contributed by atoms with Gasteiger partial charge in [0.25, 0.3) is 0 Å². The highest BCUT2D eigenvalue weighted by atomic mass is 16.5. The number of amides is 2. The number of urea groups is 1. The zero-order valence-electron chi connectivity index (χ0n) is 20.7. The third-order valence-corrected chi connectivity index (χ3v) is 9.06. The van der Waals surface area contributed by atoms with Gasteiger partial charge in [-0.25, -0.2) is 4.79 Å². The van der Waals surface area contributed by atoms with Crippen LogP contribution in [-0.2, 0) is 15.1 Å². The molecule has 34 heavy (non-hydrogen) atoms. The minimum absolute atomic E-state index is 0.0674. The molecule has 5 rings (SSSR count). The van der Waals surface area contributed by atoms with Crippen LogP contribution < -0.4 is 0 Å². The maximum absolute atomic E-state index is 13.6. The molecule has 2 aliphatic heterocycles. The minimum atomic E-state index is -0.776. The maximum atomic E-state index is 13.6. The van der Waals surface area contributed by atoms with E-state index in [1.807, 2.05) is 4.90 Å². The van der Waals surface area contributed by atoms with Crippen LogP contribution in [0.2, 0.25) is 0 Å². The molecule has 0 bridgehead atoms. The van der Waals surface area contributed by atoms with Crippen LogP contribution in [0.3, 0.4) is 0 Å². The Balaban J connectivity index is 1.36. The molecule has 2 amide bonds. The topological polar surface area (TPSA) is 73.3 Å².